The van der Waals surface area contributed by atoms with Crippen LogP contribution in [0.3, 0.4) is 0 Å². The zero-order valence-corrected chi connectivity index (χ0v) is 18.4. The molecule has 0 heterocycles. The number of rotatable bonds is 17. The molecule has 0 aliphatic heterocycles. The number of aliphatic carboxylic acids is 1. The van der Waals surface area contributed by atoms with Gasteiger partial charge in [-0.25, -0.2) is 0 Å². The van der Waals surface area contributed by atoms with Crippen molar-refractivity contribution in [1.29, 1.82) is 0 Å². The van der Waals surface area contributed by atoms with Crippen LogP contribution < -0.4 is 44.6 Å². The van der Waals surface area contributed by atoms with Gasteiger partial charge >= 0.3 is 5.97 Å². The molecule has 0 radical (unpaired) electrons. The van der Waals surface area contributed by atoms with Crippen molar-refractivity contribution in [3.8, 4) is 0 Å². The van der Waals surface area contributed by atoms with Gasteiger partial charge in [0.15, 0.2) is 5.96 Å². The molecule has 0 bridgehead atoms. The van der Waals surface area contributed by atoms with Gasteiger partial charge in [-0.05, 0) is 38.6 Å². The second kappa shape index (κ2) is 16.2. The number of nitrogens with one attached hydrogen (secondary N) is 3. The first-order valence-corrected chi connectivity index (χ1v) is 10.4. The normalized spacial score (nSPS) is 13.2. The fourth-order valence-corrected chi connectivity index (χ4v) is 2.68. The summed E-state index contributed by atoms with van der Waals surface area (Å²) in [7, 11) is 0. The second-order valence-electron chi connectivity index (χ2n) is 7.24. The van der Waals surface area contributed by atoms with E-state index in [-0.39, 0.29) is 25.3 Å². The van der Waals surface area contributed by atoms with Crippen molar-refractivity contribution in [3.05, 3.63) is 0 Å². The number of nitrogens with zero attached hydrogens (tertiary/aromatic N) is 1. The van der Waals surface area contributed by atoms with Crippen LogP contribution in [0.25, 0.3) is 0 Å². The van der Waals surface area contributed by atoms with Crippen LogP contribution in [-0.2, 0) is 24.0 Å². The molecule has 15 nitrogen and oxygen atoms in total. The summed E-state index contributed by atoms with van der Waals surface area (Å²) in [5.74, 6) is -4.36. The number of carboxylic acids is 1. The van der Waals surface area contributed by atoms with Crippen molar-refractivity contribution in [1.82, 2.24) is 16.0 Å². The lowest BCUT2D eigenvalue weighted by atomic mass is 10.1. The van der Waals surface area contributed by atoms with E-state index in [1.165, 1.54) is 0 Å². The smallest absolute Gasteiger partial charge is 0.322 e. The molecule has 0 aliphatic carbocycles. The van der Waals surface area contributed by atoms with Crippen molar-refractivity contribution in [2.24, 2.45) is 33.7 Å². The van der Waals surface area contributed by atoms with Crippen molar-refractivity contribution in [2.75, 3.05) is 19.6 Å². The van der Waals surface area contributed by atoms with Gasteiger partial charge in [-0.15, -0.1) is 0 Å². The van der Waals surface area contributed by atoms with Gasteiger partial charge in [0.1, 0.15) is 18.6 Å². The summed E-state index contributed by atoms with van der Waals surface area (Å²) >= 11 is 0. The molecule has 3 unspecified atom stereocenters. The summed E-state index contributed by atoms with van der Waals surface area (Å²) in [6.07, 6.45) is 1.24. The highest BCUT2D eigenvalue weighted by molar-refractivity contribution is 5.94. The summed E-state index contributed by atoms with van der Waals surface area (Å²) in [6, 6.07) is -3.43. The number of hydrogen-bond acceptors (Lipinski definition) is 8. The first-order chi connectivity index (χ1) is 15.5. The maximum atomic E-state index is 12.9. The molecule has 15 heteroatoms. The van der Waals surface area contributed by atoms with E-state index in [0.717, 1.165) is 0 Å². The number of nitrogens with two attached hydrogens (primary N) is 5. The van der Waals surface area contributed by atoms with E-state index in [2.05, 4.69) is 20.9 Å². The topological polar surface area (TPSA) is 284 Å². The van der Waals surface area contributed by atoms with Crippen LogP contribution in [-0.4, -0.2) is 78.4 Å². The summed E-state index contributed by atoms with van der Waals surface area (Å²) in [6.45, 7) is -0.0915. The summed E-state index contributed by atoms with van der Waals surface area (Å²) in [5.41, 5.74) is 26.7. The molecule has 188 valence electrons. The van der Waals surface area contributed by atoms with Gasteiger partial charge in [0.25, 0.3) is 0 Å². The Morgan fingerprint density at radius 1 is 0.848 bits per heavy atom. The first kappa shape index (κ1) is 29.5. The van der Waals surface area contributed by atoms with E-state index in [9.17, 15) is 24.0 Å². The first-order valence-electron chi connectivity index (χ1n) is 10.4. The van der Waals surface area contributed by atoms with Gasteiger partial charge in [0.2, 0.25) is 23.6 Å². The van der Waals surface area contributed by atoms with Gasteiger partial charge in [-0.3, -0.25) is 29.0 Å². The van der Waals surface area contributed by atoms with Crippen LogP contribution in [0.2, 0.25) is 0 Å². The minimum absolute atomic E-state index is 0.0959. The lowest BCUT2D eigenvalue weighted by Gasteiger charge is -2.24. The maximum Gasteiger partial charge on any atom is 0.322 e. The molecule has 0 fully saturated rings. The highest BCUT2D eigenvalue weighted by atomic mass is 16.4. The number of unbranched alkanes of at least 4 members (excludes halogenated alkanes) is 1. The van der Waals surface area contributed by atoms with E-state index in [1.54, 1.807) is 0 Å². The molecule has 3 atom stereocenters. The third kappa shape index (κ3) is 14.3. The summed E-state index contributed by atoms with van der Waals surface area (Å²) < 4.78 is 0. The van der Waals surface area contributed by atoms with Crippen LogP contribution >= 0.6 is 0 Å². The van der Waals surface area contributed by atoms with Crippen LogP contribution in [0.5, 0.6) is 0 Å². The van der Waals surface area contributed by atoms with Gasteiger partial charge in [0.05, 0.1) is 12.5 Å². The molecule has 0 saturated carbocycles. The van der Waals surface area contributed by atoms with Gasteiger partial charge < -0.3 is 49.7 Å². The van der Waals surface area contributed by atoms with E-state index in [0.29, 0.717) is 25.8 Å². The Labute approximate surface area is 191 Å². The summed E-state index contributed by atoms with van der Waals surface area (Å²) in [4.78, 5) is 63.1. The molecule has 0 aromatic heterocycles. The van der Waals surface area contributed by atoms with Crippen LogP contribution in [0, 0.1) is 0 Å². The molecular weight excluding hydrogens is 438 g/mol. The predicted octanol–water partition coefficient (Wildman–Crippen LogP) is -4.46. The Morgan fingerprint density at radius 2 is 1.42 bits per heavy atom. The molecule has 0 spiro atoms. The van der Waals surface area contributed by atoms with Gasteiger partial charge in [-0.1, -0.05) is 0 Å². The molecule has 0 saturated heterocycles. The van der Waals surface area contributed by atoms with Crippen molar-refractivity contribution < 1.29 is 29.1 Å². The minimum atomic E-state index is -1.26. The number of aliphatic imine (C=N–C) groups is 1. The number of amides is 4. The number of carbonyl (C=O) groups is 5. The third-order valence-electron chi connectivity index (χ3n) is 4.33. The van der Waals surface area contributed by atoms with Crippen molar-refractivity contribution >= 4 is 35.6 Å². The predicted molar refractivity (Wildman–Crippen MR) is 119 cm³/mol. The largest absolute Gasteiger partial charge is 0.480 e. The van der Waals surface area contributed by atoms with Crippen molar-refractivity contribution in [2.45, 2.75) is 56.7 Å². The third-order valence-corrected chi connectivity index (χ3v) is 4.33. The molecule has 14 N–H and O–H groups in total. The average Bonchev–Trinajstić information content (AvgIpc) is 2.72. The van der Waals surface area contributed by atoms with E-state index < -0.39 is 60.7 Å². The van der Waals surface area contributed by atoms with Crippen molar-refractivity contribution in [3.63, 3.8) is 0 Å². The van der Waals surface area contributed by atoms with Crippen LogP contribution in [0.4, 0.5) is 0 Å². The zero-order chi connectivity index (χ0) is 25.4. The van der Waals surface area contributed by atoms with Gasteiger partial charge in [0, 0.05) is 6.54 Å². The fraction of sp³-hybridized carbons (Fsp3) is 0.667. The zero-order valence-electron chi connectivity index (χ0n) is 18.4. The molecule has 0 aromatic rings. The second-order valence-corrected chi connectivity index (χ2v) is 7.24. The lowest BCUT2D eigenvalue weighted by Crippen LogP contribution is -2.56. The van der Waals surface area contributed by atoms with E-state index in [1.807, 2.05) is 0 Å². The molecule has 0 aliphatic rings. The van der Waals surface area contributed by atoms with Crippen LogP contribution in [0.15, 0.2) is 4.99 Å². The minimum Gasteiger partial charge on any atom is -0.480 e. The van der Waals surface area contributed by atoms with E-state index in [4.69, 9.17) is 33.8 Å². The molecule has 4 amide bonds. The molecule has 33 heavy (non-hydrogen) atoms. The van der Waals surface area contributed by atoms with E-state index >= 15 is 0 Å². The summed E-state index contributed by atoms with van der Waals surface area (Å²) in [5, 5.41) is 15.9. The maximum absolute atomic E-state index is 12.9. The Morgan fingerprint density at radius 3 is 1.97 bits per heavy atom. The highest BCUT2D eigenvalue weighted by Crippen LogP contribution is 2.05. The number of carbonyl (C=O) groups excluding carboxylic acids is 4. The monoisotopic (exact) mass is 473 g/mol. The van der Waals surface area contributed by atoms with Crippen LogP contribution in [0.1, 0.15) is 38.5 Å². The highest BCUT2D eigenvalue weighted by Gasteiger charge is 2.28. The molecular formula is C18H35N9O6. The lowest BCUT2D eigenvalue weighted by molar-refractivity contribution is -0.138. The number of guanidine groups is 1. The Bertz CT molecular complexity index is 712. The SMILES string of the molecule is NCCCCC(NC(=O)C(N)CC(N)=O)C(=O)NC(CCCN=C(N)N)C(=O)NCC(=O)O. The standard InChI is InChI=1S/C18H35N9O6/c19-6-2-1-4-12(26-15(31)10(20)8-13(21)28)17(33)27-11(5-3-7-24-18(22)23)16(32)25-9-14(29)30/h10-12H,1-9,19-20H2,(H2,21,28)(H,25,32)(H,26,31)(H,27,33)(H,29,30)(H4,22,23,24). The quantitative estimate of drug-likeness (QED) is 0.0554. The van der Waals surface area contributed by atoms with Gasteiger partial charge in [-0.2, -0.15) is 0 Å². The fourth-order valence-electron chi connectivity index (χ4n) is 2.68. The Hall–Kier alpha value is -3.46. The molecule has 0 aromatic carbocycles. The average molecular weight is 474 g/mol. The molecule has 0 rings (SSSR count). The number of primary amides is 1. The Kier molecular flexibility index (Phi) is 14.5. The Balaban J connectivity index is 5.34. The number of hydrogen-bond donors (Lipinski definition) is 9. The number of carboxylic acid groups (broad SMARTS) is 1.